The summed E-state index contributed by atoms with van der Waals surface area (Å²) in [5.74, 6) is 3.09. The van der Waals surface area contributed by atoms with Crippen LogP contribution in [0.4, 0.5) is 0 Å². The Morgan fingerprint density at radius 3 is 2.22 bits per heavy atom. The number of hydrogen-bond donors (Lipinski definition) is 2. The number of ether oxygens (including phenoxy) is 5. The van der Waals surface area contributed by atoms with E-state index in [1.54, 1.807) is 44.7 Å². The van der Waals surface area contributed by atoms with Crippen LogP contribution in [0.3, 0.4) is 0 Å². The fraction of sp³-hybridized carbons (Fsp3) is 0.250. The van der Waals surface area contributed by atoms with Gasteiger partial charge in [0.1, 0.15) is 17.6 Å². The summed E-state index contributed by atoms with van der Waals surface area (Å²) < 4.78 is 30.1. The summed E-state index contributed by atoms with van der Waals surface area (Å²) in [6.07, 6.45) is 2.03. The van der Waals surface area contributed by atoms with E-state index in [4.69, 9.17) is 23.7 Å². The molecule has 9 heteroatoms. The minimum Gasteiger partial charge on any atom is -0.502 e. The van der Waals surface area contributed by atoms with E-state index in [1.807, 2.05) is 36.4 Å². The molecule has 9 nitrogen and oxygen atoms in total. The molecule has 0 aliphatic carbocycles. The van der Waals surface area contributed by atoms with Gasteiger partial charge in [-0.2, -0.15) is 0 Å². The Morgan fingerprint density at radius 1 is 0.844 bits per heavy atom. The first-order chi connectivity index (χ1) is 21.9. The highest BCUT2D eigenvalue weighted by atomic mass is 16.5. The summed E-state index contributed by atoms with van der Waals surface area (Å²) in [5, 5.41) is 24.1. The van der Waals surface area contributed by atoms with Crippen LogP contribution in [0.15, 0.2) is 72.9 Å². The van der Waals surface area contributed by atoms with Crippen LogP contribution in [-0.4, -0.2) is 55.0 Å². The lowest BCUT2D eigenvalue weighted by molar-refractivity contribution is 0.216. The smallest absolute Gasteiger partial charge is 0.204 e. The molecule has 0 fully saturated rings. The molecule has 0 saturated heterocycles. The van der Waals surface area contributed by atoms with E-state index in [-0.39, 0.29) is 23.3 Å². The number of phenolic OH excluding ortho intramolecular Hbond substituents is 1. The molecule has 1 aromatic heterocycles. The second kappa shape index (κ2) is 11.5. The van der Waals surface area contributed by atoms with Gasteiger partial charge in [-0.1, -0.05) is 24.3 Å². The lowest BCUT2D eigenvalue weighted by atomic mass is 9.87. The van der Waals surface area contributed by atoms with Gasteiger partial charge < -0.3 is 33.9 Å². The van der Waals surface area contributed by atoms with Gasteiger partial charge in [-0.05, 0) is 84.4 Å². The third-order valence-corrected chi connectivity index (χ3v) is 8.79. The van der Waals surface area contributed by atoms with Crippen molar-refractivity contribution >= 4 is 10.8 Å². The van der Waals surface area contributed by atoms with Gasteiger partial charge in [0.05, 0.1) is 32.4 Å². The largest absolute Gasteiger partial charge is 0.502 e. The number of rotatable bonds is 3. The molecule has 2 atom stereocenters. The Balaban J connectivity index is 1.45. The normalized spacial score (nSPS) is 17.5. The van der Waals surface area contributed by atoms with E-state index in [2.05, 4.69) is 23.0 Å². The van der Waals surface area contributed by atoms with Gasteiger partial charge in [-0.25, -0.2) is 0 Å². The van der Waals surface area contributed by atoms with Gasteiger partial charge in [0.25, 0.3) is 0 Å². The van der Waals surface area contributed by atoms with Gasteiger partial charge in [0.2, 0.25) is 11.5 Å². The van der Waals surface area contributed by atoms with Crippen molar-refractivity contribution in [3.05, 3.63) is 101 Å². The molecule has 4 aromatic carbocycles. The van der Waals surface area contributed by atoms with Gasteiger partial charge in [0.15, 0.2) is 23.0 Å². The van der Waals surface area contributed by atoms with Crippen LogP contribution in [0.1, 0.15) is 40.1 Å². The molecule has 5 aromatic rings. The fourth-order valence-corrected chi connectivity index (χ4v) is 6.42. The van der Waals surface area contributed by atoms with Crippen molar-refractivity contribution in [2.24, 2.45) is 0 Å². The average molecular weight is 607 g/mol. The Bertz CT molecular complexity index is 1890. The third-order valence-electron chi connectivity index (χ3n) is 8.79. The van der Waals surface area contributed by atoms with Crippen molar-refractivity contribution in [3.63, 3.8) is 0 Å². The van der Waals surface area contributed by atoms with Crippen molar-refractivity contribution in [1.29, 1.82) is 0 Å². The van der Waals surface area contributed by atoms with Crippen molar-refractivity contribution in [1.82, 2.24) is 9.88 Å². The topological polar surface area (TPSA) is 103 Å². The number of aromatic nitrogens is 1. The van der Waals surface area contributed by atoms with Gasteiger partial charge >= 0.3 is 0 Å². The molecule has 0 radical (unpaired) electrons. The second-order valence-corrected chi connectivity index (χ2v) is 11.3. The Morgan fingerprint density at radius 2 is 1.53 bits per heavy atom. The zero-order valence-electron chi connectivity index (χ0n) is 25.5. The molecule has 0 amide bonds. The Labute approximate surface area is 261 Å². The minimum atomic E-state index is -1.13. The summed E-state index contributed by atoms with van der Waals surface area (Å²) in [4.78, 5) is 6.87. The number of methoxy groups -OCH3 is 3. The van der Waals surface area contributed by atoms with Crippen LogP contribution in [0.5, 0.6) is 46.0 Å². The zero-order valence-corrected chi connectivity index (χ0v) is 25.5. The number of benzene rings is 4. The lowest BCUT2D eigenvalue weighted by Gasteiger charge is -2.36. The molecule has 0 saturated carbocycles. The molecule has 6 heterocycles. The van der Waals surface area contributed by atoms with E-state index in [1.165, 1.54) is 7.11 Å². The first kappa shape index (κ1) is 28.8. The molecule has 0 unspecified atom stereocenters. The van der Waals surface area contributed by atoms with Gasteiger partial charge in [-0.15, -0.1) is 0 Å². The van der Waals surface area contributed by atoms with Crippen LogP contribution < -0.4 is 23.7 Å². The van der Waals surface area contributed by atoms with Crippen molar-refractivity contribution in [2.75, 3.05) is 34.9 Å². The highest BCUT2D eigenvalue weighted by Gasteiger charge is 2.33. The number of pyridine rings is 1. The van der Waals surface area contributed by atoms with Crippen LogP contribution >= 0.6 is 0 Å². The first-order valence-corrected chi connectivity index (χ1v) is 14.8. The molecule has 0 spiro atoms. The summed E-state index contributed by atoms with van der Waals surface area (Å²) in [5.41, 5.74) is 4.21. The molecule has 4 bridgehead atoms. The zero-order chi connectivity index (χ0) is 31.2. The number of aliphatic hydroxyl groups excluding tert-OH is 1. The third kappa shape index (κ3) is 4.94. The molecular formula is C36H34N2O7. The molecule has 2 N–H and O–H groups in total. The van der Waals surface area contributed by atoms with E-state index in [0.717, 1.165) is 29.7 Å². The van der Waals surface area contributed by atoms with Crippen LogP contribution in [0.2, 0.25) is 0 Å². The maximum atomic E-state index is 11.6. The van der Waals surface area contributed by atoms with Gasteiger partial charge in [-0.3, -0.25) is 9.88 Å². The van der Waals surface area contributed by atoms with Crippen LogP contribution in [-0.2, 0) is 12.8 Å². The van der Waals surface area contributed by atoms with Crippen molar-refractivity contribution in [3.8, 4) is 46.0 Å². The number of aliphatic hydroxyl groups is 1. The molecule has 10 rings (SSSR count). The van der Waals surface area contributed by atoms with Gasteiger partial charge in [0, 0.05) is 24.3 Å². The number of likely N-dealkylation sites (N-methyl/N-ethyl adjacent to an activating group) is 1. The van der Waals surface area contributed by atoms with E-state index in [0.29, 0.717) is 57.2 Å². The fourth-order valence-electron chi connectivity index (χ4n) is 6.42. The standard InChI is InChI=1S/C36H34N2O7/c1-38-16-14-23-19-28(42-3)34(43-4)36-29(23)26(38)17-20-5-9-24(10-6-20)44-35-30-22(18-27(41-2)33(35)40)13-15-37-31(30)32(39)21-7-11-25(45-36)12-8-21/h5-13,15,18-19,26,32,39-40H,14,16-17H2,1-4H3/t26-,32-/m1/s1. The maximum absolute atomic E-state index is 11.6. The number of aromatic hydroxyl groups is 1. The maximum Gasteiger partial charge on any atom is 0.204 e. The van der Waals surface area contributed by atoms with Crippen molar-refractivity contribution < 1.29 is 33.9 Å². The van der Waals surface area contributed by atoms with Crippen LogP contribution in [0, 0.1) is 0 Å². The molecular weight excluding hydrogens is 572 g/mol. The van der Waals surface area contributed by atoms with Crippen molar-refractivity contribution in [2.45, 2.75) is 25.0 Å². The number of phenols is 1. The molecule has 45 heavy (non-hydrogen) atoms. The van der Waals surface area contributed by atoms with Crippen LogP contribution in [0.25, 0.3) is 10.8 Å². The molecule has 5 aliphatic heterocycles. The monoisotopic (exact) mass is 606 g/mol. The number of nitrogens with zero attached hydrogens (tertiary/aromatic N) is 2. The summed E-state index contributed by atoms with van der Waals surface area (Å²) in [6, 6.07) is 20.6. The lowest BCUT2D eigenvalue weighted by Crippen LogP contribution is -2.34. The SMILES string of the molecule is COc1cc2ccnc3c2c(c1O)Oc1ccc(cc1)C[C@@H]1c2c(cc(OC)c(OC)c2Oc2ccc(cc2)[C@H]3O)CCN1C. The van der Waals surface area contributed by atoms with E-state index in [9.17, 15) is 10.2 Å². The summed E-state index contributed by atoms with van der Waals surface area (Å²) >= 11 is 0. The highest BCUT2D eigenvalue weighted by molar-refractivity contribution is 5.95. The average Bonchev–Trinajstić information content (AvgIpc) is 3.07. The van der Waals surface area contributed by atoms with E-state index < -0.39 is 6.10 Å². The predicted octanol–water partition coefficient (Wildman–Crippen LogP) is 6.72. The predicted molar refractivity (Wildman–Crippen MR) is 169 cm³/mol. The second-order valence-electron chi connectivity index (χ2n) is 11.3. The highest BCUT2D eigenvalue weighted by Crippen LogP contribution is 2.51. The Kier molecular flexibility index (Phi) is 7.35. The minimum absolute atomic E-state index is 0.00434. The number of hydrogen-bond acceptors (Lipinski definition) is 9. The quantitative estimate of drug-likeness (QED) is 0.232. The first-order valence-electron chi connectivity index (χ1n) is 14.8. The summed E-state index contributed by atoms with van der Waals surface area (Å²) in [7, 11) is 6.86. The van der Waals surface area contributed by atoms with E-state index >= 15 is 0 Å². The summed E-state index contributed by atoms with van der Waals surface area (Å²) in [6.45, 7) is 0.874. The Hall–Kier alpha value is -4.99. The molecule has 230 valence electrons. The molecule has 5 aliphatic rings.